The van der Waals surface area contributed by atoms with Crippen molar-refractivity contribution in [3.05, 3.63) is 0 Å². The van der Waals surface area contributed by atoms with Gasteiger partial charge in [-0.25, -0.2) is 0 Å². The van der Waals surface area contributed by atoms with Crippen LogP contribution in [0.3, 0.4) is 0 Å². The van der Waals surface area contributed by atoms with Crippen LogP contribution in [0.4, 0.5) is 0 Å². The summed E-state index contributed by atoms with van der Waals surface area (Å²) in [5, 5.41) is 3.78. The summed E-state index contributed by atoms with van der Waals surface area (Å²) >= 11 is 0. The van der Waals surface area contributed by atoms with Gasteiger partial charge in [-0.3, -0.25) is 0 Å². The summed E-state index contributed by atoms with van der Waals surface area (Å²) in [6.45, 7) is 7.27. The van der Waals surface area contributed by atoms with Crippen molar-refractivity contribution in [2.45, 2.75) is 96.3 Å². The average molecular weight is 278 g/mol. The summed E-state index contributed by atoms with van der Waals surface area (Å²) in [4.78, 5) is 2.77. The van der Waals surface area contributed by atoms with Crippen LogP contribution in [0.1, 0.15) is 72.1 Å². The summed E-state index contributed by atoms with van der Waals surface area (Å²) in [6.07, 6.45) is 11.4. The SMILES string of the molecule is CN(C1CCC(C(C)(C)C)CC1)C1CC2CCC(C1)N2. The van der Waals surface area contributed by atoms with Crippen LogP contribution in [-0.2, 0) is 0 Å². The number of nitrogens with one attached hydrogen (secondary N) is 1. The number of piperidine rings is 1. The maximum atomic E-state index is 3.78. The Morgan fingerprint density at radius 3 is 1.85 bits per heavy atom. The zero-order chi connectivity index (χ0) is 14.3. The maximum absolute atomic E-state index is 3.78. The summed E-state index contributed by atoms with van der Waals surface area (Å²) in [7, 11) is 2.41. The highest BCUT2D eigenvalue weighted by atomic mass is 15.2. The Labute approximate surface area is 125 Å². The van der Waals surface area contributed by atoms with Gasteiger partial charge in [0.2, 0.25) is 0 Å². The number of hydrogen-bond donors (Lipinski definition) is 1. The van der Waals surface area contributed by atoms with Gasteiger partial charge < -0.3 is 10.2 Å². The van der Waals surface area contributed by atoms with E-state index >= 15 is 0 Å². The molecule has 0 radical (unpaired) electrons. The fourth-order valence-electron chi connectivity index (χ4n) is 5.01. The van der Waals surface area contributed by atoms with E-state index in [4.69, 9.17) is 0 Å². The standard InChI is InChI=1S/C18H34N2/c1-18(2,3)13-5-9-16(10-6-13)20(4)17-11-14-7-8-15(12-17)19-14/h13-17,19H,5-12H2,1-4H3. The molecular formula is C18H34N2. The van der Waals surface area contributed by atoms with Crippen LogP contribution in [0.2, 0.25) is 0 Å². The van der Waals surface area contributed by atoms with Crippen LogP contribution >= 0.6 is 0 Å². The fourth-order valence-corrected chi connectivity index (χ4v) is 5.01. The molecule has 0 amide bonds. The minimum Gasteiger partial charge on any atom is -0.311 e. The summed E-state index contributed by atoms with van der Waals surface area (Å²) in [6, 6.07) is 3.36. The monoisotopic (exact) mass is 278 g/mol. The summed E-state index contributed by atoms with van der Waals surface area (Å²) in [5.41, 5.74) is 0.511. The van der Waals surface area contributed by atoms with Gasteiger partial charge in [-0.1, -0.05) is 20.8 Å². The third-order valence-corrected chi connectivity index (χ3v) is 6.52. The van der Waals surface area contributed by atoms with Crippen molar-refractivity contribution in [1.29, 1.82) is 0 Å². The predicted octanol–water partition coefficient (Wildman–Crippen LogP) is 3.81. The molecule has 2 atom stereocenters. The van der Waals surface area contributed by atoms with E-state index in [0.717, 1.165) is 30.1 Å². The van der Waals surface area contributed by atoms with E-state index in [1.807, 2.05) is 0 Å². The molecule has 0 spiro atoms. The summed E-state index contributed by atoms with van der Waals surface area (Å²) in [5.74, 6) is 0.941. The molecule has 3 fully saturated rings. The van der Waals surface area contributed by atoms with Gasteiger partial charge >= 0.3 is 0 Å². The molecule has 2 heteroatoms. The van der Waals surface area contributed by atoms with Crippen molar-refractivity contribution >= 4 is 0 Å². The van der Waals surface area contributed by atoms with Gasteiger partial charge in [0, 0.05) is 24.2 Å². The lowest BCUT2D eigenvalue weighted by Gasteiger charge is -2.44. The Morgan fingerprint density at radius 1 is 0.800 bits per heavy atom. The second-order valence-corrected chi connectivity index (χ2v) is 8.80. The van der Waals surface area contributed by atoms with Gasteiger partial charge in [0.25, 0.3) is 0 Å². The normalized spacial score (nSPS) is 42.1. The van der Waals surface area contributed by atoms with Crippen LogP contribution in [0.15, 0.2) is 0 Å². The second kappa shape index (κ2) is 5.61. The zero-order valence-corrected chi connectivity index (χ0v) is 14.0. The van der Waals surface area contributed by atoms with Crippen LogP contribution in [0.5, 0.6) is 0 Å². The molecule has 3 rings (SSSR count). The van der Waals surface area contributed by atoms with E-state index in [-0.39, 0.29) is 0 Å². The number of rotatable bonds is 2. The van der Waals surface area contributed by atoms with E-state index in [0.29, 0.717) is 5.41 Å². The van der Waals surface area contributed by atoms with E-state index in [9.17, 15) is 0 Å². The maximum Gasteiger partial charge on any atom is 0.0125 e. The highest BCUT2D eigenvalue weighted by Gasteiger charge is 2.38. The molecule has 1 aliphatic carbocycles. The van der Waals surface area contributed by atoms with E-state index < -0.39 is 0 Å². The Bertz CT molecular complexity index is 313. The van der Waals surface area contributed by atoms with Gasteiger partial charge in [-0.15, -0.1) is 0 Å². The minimum absolute atomic E-state index is 0.511. The highest BCUT2D eigenvalue weighted by Crippen LogP contribution is 2.40. The molecule has 3 aliphatic rings. The molecule has 2 heterocycles. The molecule has 20 heavy (non-hydrogen) atoms. The van der Waals surface area contributed by atoms with Crippen molar-refractivity contribution in [1.82, 2.24) is 10.2 Å². The van der Waals surface area contributed by atoms with Crippen LogP contribution in [-0.4, -0.2) is 36.1 Å². The largest absolute Gasteiger partial charge is 0.311 e. The molecule has 0 aromatic heterocycles. The lowest BCUT2D eigenvalue weighted by atomic mass is 9.71. The van der Waals surface area contributed by atoms with Gasteiger partial charge in [-0.05, 0) is 69.7 Å². The molecule has 0 aromatic rings. The lowest BCUT2D eigenvalue weighted by molar-refractivity contribution is 0.0672. The average Bonchev–Trinajstić information content (AvgIpc) is 2.76. The molecule has 2 saturated heterocycles. The van der Waals surface area contributed by atoms with E-state index in [1.54, 1.807) is 0 Å². The Hall–Kier alpha value is -0.0800. The zero-order valence-electron chi connectivity index (χ0n) is 14.0. The molecule has 2 aliphatic heterocycles. The van der Waals surface area contributed by atoms with Crippen molar-refractivity contribution in [3.63, 3.8) is 0 Å². The third kappa shape index (κ3) is 3.06. The molecule has 0 aromatic carbocycles. The molecular weight excluding hydrogens is 244 g/mol. The first-order valence-corrected chi connectivity index (χ1v) is 8.91. The first-order valence-electron chi connectivity index (χ1n) is 8.91. The molecule has 1 saturated carbocycles. The van der Waals surface area contributed by atoms with Crippen LogP contribution < -0.4 is 5.32 Å². The minimum atomic E-state index is 0.511. The van der Waals surface area contributed by atoms with Crippen molar-refractivity contribution < 1.29 is 0 Å². The van der Waals surface area contributed by atoms with Crippen LogP contribution in [0.25, 0.3) is 0 Å². The van der Waals surface area contributed by atoms with Gasteiger partial charge in [0.05, 0.1) is 0 Å². The van der Waals surface area contributed by atoms with Crippen LogP contribution in [0, 0.1) is 11.3 Å². The highest BCUT2D eigenvalue weighted by molar-refractivity contribution is 4.97. The first-order chi connectivity index (χ1) is 9.43. The Balaban J connectivity index is 1.53. The lowest BCUT2D eigenvalue weighted by Crippen LogP contribution is -2.51. The molecule has 2 bridgehead atoms. The van der Waals surface area contributed by atoms with E-state index in [1.165, 1.54) is 51.4 Å². The first kappa shape index (κ1) is 14.8. The fraction of sp³-hybridized carbons (Fsp3) is 1.00. The topological polar surface area (TPSA) is 15.3 Å². The quantitative estimate of drug-likeness (QED) is 0.826. The summed E-state index contributed by atoms with van der Waals surface area (Å²) < 4.78 is 0. The predicted molar refractivity (Wildman–Crippen MR) is 85.9 cm³/mol. The van der Waals surface area contributed by atoms with Crippen molar-refractivity contribution in [3.8, 4) is 0 Å². The Morgan fingerprint density at radius 2 is 1.35 bits per heavy atom. The smallest absolute Gasteiger partial charge is 0.0125 e. The molecule has 1 N–H and O–H groups in total. The Kier molecular flexibility index (Phi) is 4.16. The molecule has 2 unspecified atom stereocenters. The van der Waals surface area contributed by atoms with E-state index in [2.05, 4.69) is 38.0 Å². The second-order valence-electron chi connectivity index (χ2n) is 8.80. The number of nitrogens with zero attached hydrogens (tertiary/aromatic N) is 1. The molecule has 116 valence electrons. The van der Waals surface area contributed by atoms with Gasteiger partial charge in [0.15, 0.2) is 0 Å². The van der Waals surface area contributed by atoms with Crippen molar-refractivity contribution in [2.75, 3.05) is 7.05 Å². The van der Waals surface area contributed by atoms with Crippen molar-refractivity contribution in [2.24, 2.45) is 11.3 Å². The number of hydrogen-bond acceptors (Lipinski definition) is 2. The number of fused-ring (bicyclic) bond motifs is 2. The third-order valence-electron chi connectivity index (χ3n) is 6.52. The van der Waals surface area contributed by atoms with Gasteiger partial charge in [0.1, 0.15) is 0 Å². The van der Waals surface area contributed by atoms with Gasteiger partial charge in [-0.2, -0.15) is 0 Å². The molecule has 2 nitrogen and oxygen atoms in total.